The summed E-state index contributed by atoms with van der Waals surface area (Å²) in [7, 11) is 1.92. The molecule has 0 atom stereocenters. The summed E-state index contributed by atoms with van der Waals surface area (Å²) in [6.45, 7) is 3.39. The van der Waals surface area contributed by atoms with Crippen LogP contribution in [0, 0.1) is 5.82 Å². The smallest absolute Gasteiger partial charge is 0.238 e. The topological polar surface area (TPSA) is 32.3 Å². The Morgan fingerprint density at radius 3 is 2.59 bits per heavy atom. The van der Waals surface area contributed by atoms with E-state index in [-0.39, 0.29) is 11.7 Å². The first kappa shape index (κ1) is 13.6. The molecule has 0 fully saturated rings. The minimum absolute atomic E-state index is 0.0739. The lowest BCUT2D eigenvalue weighted by atomic mass is 10.3. The summed E-state index contributed by atoms with van der Waals surface area (Å²) in [4.78, 5) is 13.6. The first-order valence-electron chi connectivity index (χ1n) is 5.85. The Labute approximate surface area is 102 Å². The molecule has 94 valence electrons. The summed E-state index contributed by atoms with van der Waals surface area (Å²) in [5, 5.41) is 2.73. The van der Waals surface area contributed by atoms with E-state index in [4.69, 9.17) is 0 Å². The maximum atomic E-state index is 12.7. The van der Waals surface area contributed by atoms with Gasteiger partial charge in [-0.15, -0.1) is 0 Å². The van der Waals surface area contributed by atoms with Crippen molar-refractivity contribution in [2.24, 2.45) is 0 Å². The number of rotatable bonds is 6. The van der Waals surface area contributed by atoms with Crippen LogP contribution in [0.15, 0.2) is 24.3 Å². The molecule has 0 aromatic heterocycles. The first-order chi connectivity index (χ1) is 8.11. The molecule has 0 aliphatic heterocycles. The summed E-state index contributed by atoms with van der Waals surface area (Å²) in [5.74, 6) is -0.377. The minimum Gasteiger partial charge on any atom is -0.325 e. The van der Waals surface area contributed by atoms with Crippen LogP contribution in [0.2, 0.25) is 0 Å². The van der Waals surface area contributed by atoms with E-state index in [1.807, 2.05) is 11.9 Å². The molecule has 0 unspecified atom stereocenters. The van der Waals surface area contributed by atoms with Crippen molar-refractivity contribution in [1.82, 2.24) is 4.90 Å². The van der Waals surface area contributed by atoms with Gasteiger partial charge in [0.15, 0.2) is 0 Å². The van der Waals surface area contributed by atoms with Crippen molar-refractivity contribution in [2.75, 3.05) is 25.5 Å². The molecule has 1 N–H and O–H groups in total. The van der Waals surface area contributed by atoms with Gasteiger partial charge in [-0.2, -0.15) is 0 Å². The number of nitrogens with one attached hydrogen (secondary N) is 1. The van der Waals surface area contributed by atoms with E-state index in [9.17, 15) is 9.18 Å². The zero-order chi connectivity index (χ0) is 12.7. The van der Waals surface area contributed by atoms with E-state index < -0.39 is 0 Å². The monoisotopic (exact) mass is 238 g/mol. The number of carbonyl (C=O) groups excluding carboxylic acids is 1. The van der Waals surface area contributed by atoms with Crippen LogP contribution in [0.3, 0.4) is 0 Å². The molecular weight excluding hydrogens is 219 g/mol. The second kappa shape index (κ2) is 7.01. The zero-order valence-corrected chi connectivity index (χ0v) is 10.4. The number of benzene rings is 1. The normalized spacial score (nSPS) is 10.6. The molecule has 0 aliphatic carbocycles. The van der Waals surface area contributed by atoms with Crippen LogP contribution >= 0.6 is 0 Å². The molecule has 1 rings (SSSR count). The van der Waals surface area contributed by atoms with Gasteiger partial charge < -0.3 is 5.32 Å². The van der Waals surface area contributed by atoms with Crippen LogP contribution < -0.4 is 5.32 Å². The molecule has 1 aromatic rings. The van der Waals surface area contributed by atoms with Gasteiger partial charge in [-0.05, 0) is 44.3 Å². The molecule has 0 saturated heterocycles. The largest absolute Gasteiger partial charge is 0.325 e. The fraction of sp³-hybridized carbons (Fsp3) is 0.462. The summed E-state index contributed by atoms with van der Waals surface area (Å²) < 4.78 is 12.7. The Morgan fingerprint density at radius 1 is 1.35 bits per heavy atom. The summed E-state index contributed by atoms with van der Waals surface area (Å²) in [5.41, 5.74) is 0.625. The van der Waals surface area contributed by atoms with Crippen molar-refractivity contribution in [2.45, 2.75) is 19.8 Å². The molecule has 3 nitrogen and oxygen atoms in total. The molecule has 0 bridgehead atoms. The van der Waals surface area contributed by atoms with Crippen molar-refractivity contribution < 1.29 is 9.18 Å². The van der Waals surface area contributed by atoms with Crippen LogP contribution in [0.1, 0.15) is 19.8 Å². The lowest BCUT2D eigenvalue weighted by molar-refractivity contribution is -0.117. The predicted octanol–water partition coefficient (Wildman–Crippen LogP) is 2.50. The van der Waals surface area contributed by atoms with Crippen LogP contribution in [0.4, 0.5) is 10.1 Å². The maximum Gasteiger partial charge on any atom is 0.238 e. The van der Waals surface area contributed by atoms with Gasteiger partial charge in [0.1, 0.15) is 5.82 Å². The van der Waals surface area contributed by atoms with Crippen LogP contribution in [-0.4, -0.2) is 30.9 Å². The Hall–Kier alpha value is -1.42. The highest BCUT2D eigenvalue weighted by molar-refractivity contribution is 5.92. The molecule has 0 aliphatic rings. The number of nitrogens with zero attached hydrogens (tertiary/aromatic N) is 1. The molecule has 1 amide bonds. The first-order valence-corrected chi connectivity index (χ1v) is 5.85. The predicted molar refractivity (Wildman–Crippen MR) is 67.4 cm³/mol. The third kappa shape index (κ3) is 5.45. The molecule has 1 aromatic carbocycles. The molecule has 17 heavy (non-hydrogen) atoms. The fourth-order valence-corrected chi connectivity index (χ4v) is 1.49. The number of likely N-dealkylation sites (N-methyl/N-ethyl adjacent to an activating group) is 1. The molecular formula is C13H19FN2O. The van der Waals surface area contributed by atoms with E-state index in [1.54, 1.807) is 12.1 Å². The molecule has 0 saturated carbocycles. The number of halogens is 1. The Morgan fingerprint density at radius 2 is 2.00 bits per heavy atom. The zero-order valence-electron chi connectivity index (χ0n) is 10.4. The highest BCUT2D eigenvalue weighted by atomic mass is 19.1. The molecule has 0 spiro atoms. The average molecular weight is 238 g/mol. The lowest BCUT2D eigenvalue weighted by Crippen LogP contribution is -2.30. The number of unbranched alkanes of at least 4 members (excludes halogenated alkanes) is 1. The fourth-order valence-electron chi connectivity index (χ4n) is 1.49. The van der Waals surface area contributed by atoms with Crippen molar-refractivity contribution in [1.29, 1.82) is 0 Å². The van der Waals surface area contributed by atoms with Gasteiger partial charge in [0.2, 0.25) is 5.91 Å². The standard InChI is InChI=1S/C13H19FN2O/c1-3-4-9-16(2)10-13(17)15-12-7-5-11(14)6-8-12/h5-8H,3-4,9-10H2,1-2H3,(H,15,17). The molecule has 0 heterocycles. The number of hydrogen-bond acceptors (Lipinski definition) is 2. The van der Waals surface area contributed by atoms with Crippen LogP contribution in [0.5, 0.6) is 0 Å². The number of hydrogen-bond donors (Lipinski definition) is 1. The molecule has 4 heteroatoms. The Balaban J connectivity index is 2.36. The summed E-state index contributed by atoms with van der Waals surface area (Å²) >= 11 is 0. The Bertz CT molecular complexity index is 351. The third-order valence-corrected chi connectivity index (χ3v) is 2.43. The van der Waals surface area contributed by atoms with E-state index in [1.165, 1.54) is 12.1 Å². The van der Waals surface area contributed by atoms with Gasteiger partial charge >= 0.3 is 0 Å². The van der Waals surface area contributed by atoms with Crippen molar-refractivity contribution in [3.63, 3.8) is 0 Å². The van der Waals surface area contributed by atoms with Gasteiger partial charge in [-0.25, -0.2) is 4.39 Å². The van der Waals surface area contributed by atoms with Crippen LogP contribution in [0.25, 0.3) is 0 Å². The second-order valence-electron chi connectivity index (χ2n) is 4.15. The van der Waals surface area contributed by atoms with E-state index in [2.05, 4.69) is 12.2 Å². The van der Waals surface area contributed by atoms with Crippen molar-refractivity contribution in [3.05, 3.63) is 30.1 Å². The van der Waals surface area contributed by atoms with Gasteiger partial charge in [0.25, 0.3) is 0 Å². The number of carbonyl (C=O) groups is 1. The summed E-state index contributed by atoms with van der Waals surface area (Å²) in [6, 6.07) is 5.77. The highest BCUT2D eigenvalue weighted by Crippen LogP contribution is 2.08. The van der Waals surface area contributed by atoms with Crippen molar-refractivity contribution >= 4 is 11.6 Å². The van der Waals surface area contributed by atoms with E-state index in [0.29, 0.717) is 12.2 Å². The highest BCUT2D eigenvalue weighted by Gasteiger charge is 2.06. The van der Waals surface area contributed by atoms with Gasteiger partial charge in [-0.3, -0.25) is 9.69 Å². The van der Waals surface area contributed by atoms with E-state index in [0.717, 1.165) is 19.4 Å². The van der Waals surface area contributed by atoms with Gasteiger partial charge in [0.05, 0.1) is 6.54 Å². The summed E-state index contributed by atoms with van der Waals surface area (Å²) in [6.07, 6.45) is 2.20. The molecule has 0 radical (unpaired) electrons. The van der Waals surface area contributed by atoms with Crippen LogP contribution in [-0.2, 0) is 4.79 Å². The quantitative estimate of drug-likeness (QED) is 0.825. The average Bonchev–Trinajstić information content (AvgIpc) is 2.29. The minimum atomic E-state index is -0.303. The number of anilines is 1. The lowest BCUT2D eigenvalue weighted by Gasteiger charge is -2.15. The third-order valence-electron chi connectivity index (χ3n) is 2.43. The SMILES string of the molecule is CCCCN(C)CC(=O)Nc1ccc(F)cc1. The maximum absolute atomic E-state index is 12.7. The van der Waals surface area contributed by atoms with E-state index >= 15 is 0 Å². The second-order valence-corrected chi connectivity index (χ2v) is 4.15. The van der Waals surface area contributed by atoms with Gasteiger partial charge in [0, 0.05) is 5.69 Å². The Kier molecular flexibility index (Phi) is 5.63. The van der Waals surface area contributed by atoms with Gasteiger partial charge in [-0.1, -0.05) is 13.3 Å². The van der Waals surface area contributed by atoms with Crippen molar-refractivity contribution in [3.8, 4) is 0 Å². The number of amides is 1.